The Hall–Kier alpha value is -0.860. The van der Waals surface area contributed by atoms with Gasteiger partial charge in [-0.15, -0.1) is 12.4 Å². The summed E-state index contributed by atoms with van der Waals surface area (Å²) in [6.07, 6.45) is 3.22. The minimum Gasteiger partial charge on any atom is -0.496 e. The first-order chi connectivity index (χ1) is 11.6. The molecule has 8 heteroatoms. The largest absolute Gasteiger partial charge is 0.496 e. The van der Waals surface area contributed by atoms with Crippen LogP contribution in [0.4, 0.5) is 0 Å². The summed E-state index contributed by atoms with van der Waals surface area (Å²) in [5.74, 6) is 1.30. The molecule has 2 saturated heterocycles. The van der Waals surface area contributed by atoms with E-state index in [1.807, 2.05) is 24.3 Å². The van der Waals surface area contributed by atoms with E-state index in [0.717, 1.165) is 24.2 Å². The van der Waals surface area contributed by atoms with E-state index < -0.39 is 10.2 Å². The average molecular weight is 388 g/mol. The number of benzene rings is 1. The monoisotopic (exact) mass is 387 g/mol. The van der Waals surface area contributed by atoms with Crippen molar-refractivity contribution in [1.82, 2.24) is 13.9 Å². The lowest BCUT2D eigenvalue weighted by atomic mass is 10.0. The molecule has 0 radical (unpaired) electrons. The fourth-order valence-electron chi connectivity index (χ4n) is 4.47. The van der Waals surface area contributed by atoms with Gasteiger partial charge in [-0.1, -0.05) is 18.2 Å². The Morgan fingerprint density at radius 1 is 1.20 bits per heavy atom. The summed E-state index contributed by atoms with van der Waals surface area (Å²) in [6.45, 7) is 2.49. The molecule has 25 heavy (non-hydrogen) atoms. The molecule has 140 valence electrons. The highest BCUT2D eigenvalue weighted by Gasteiger charge is 2.47. The molecule has 1 saturated carbocycles. The molecule has 1 aromatic rings. The second kappa shape index (κ2) is 7.40. The summed E-state index contributed by atoms with van der Waals surface area (Å²) in [6, 6.07) is 7.69. The van der Waals surface area contributed by atoms with Crippen molar-refractivity contribution in [1.29, 1.82) is 0 Å². The van der Waals surface area contributed by atoms with E-state index in [1.165, 1.54) is 6.42 Å². The number of hydrogen-bond acceptors (Lipinski definition) is 4. The maximum Gasteiger partial charge on any atom is 0.282 e. The summed E-state index contributed by atoms with van der Waals surface area (Å²) in [5, 5.41) is 3.33. The van der Waals surface area contributed by atoms with Gasteiger partial charge < -0.3 is 10.1 Å². The molecule has 3 atom stereocenters. The van der Waals surface area contributed by atoms with E-state index >= 15 is 0 Å². The number of hydrogen-bond donors (Lipinski definition) is 1. The average Bonchev–Trinajstić information content (AvgIpc) is 3.25. The molecule has 1 N–H and O–H groups in total. The van der Waals surface area contributed by atoms with Crippen LogP contribution in [0.2, 0.25) is 0 Å². The topological polar surface area (TPSA) is 61.9 Å². The van der Waals surface area contributed by atoms with E-state index in [1.54, 1.807) is 15.7 Å². The van der Waals surface area contributed by atoms with Crippen LogP contribution in [0, 0.1) is 5.92 Å². The molecule has 3 fully saturated rings. The van der Waals surface area contributed by atoms with Crippen molar-refractivity contribution in [2.45, 2.75) is 31.3 Å². The molecule has 0 spiro atoms. The quantitative estimate of drug-likeness (QED) is 0.855. The minimum absolute atomic E-state index is 0. The molecule has 1 aromatic carbocycles. The molecule has 0 aromatic heterocycles. The maximum absolute atomic E-state index is 13.3. The molecule has 6 nitrogen and oxygen atoms in total. The lowest BCUT2D eigenvalue weighted by Crippen LogP contribution is -2.54. The van der Waals surface area contributed by atoms with Crippen LogP contribution in [0.25, 0.3) is 0 Å². The summed E-state index contributed by atoms with van der Waals surface area (Å²) in [7, 11) is -1.81. The number of piperazine rings is 1. The molecule has 3 unspecified atom stereocenters. The minimum atomic E-state index is -3.44. The number of piperidine rings is 1. The highest BCUT2D eigenvalue weighted by Crippen LogP contribution is 2.41. The summed E-state index contributed by atoms with van der Waals surface area (Å²) in [5.41, 5.74) is 0.931. The summed E-state index contributed by atoms with van der Waals surface area (Å²) < 4.78 is 35.6. The third-order valence-electron chi connectivity index (χ3n) is 5.64. The second-order valence-electron chi connectivity index (χ2n) is 6.98. The van der Waals surface area contributed by atoms with Crippen molar-refractivity contribution in [2.75, 3.05) is 33.3 Å². The van der Waals surface area contributed by atoms with Crippen molar-refractivity contribution >= 4 is 22.6 Å². The fraction of sp³-hybridized carbons (Fsp3) is 0.647. The van der Waals surface area contributed by atoms with Crippen LogP contribution in [0.15, 0.2) is 24.3 Å². The zero-order valence-corrected chi connectivity index (χ0v) is 16.1. The van der Waals surface area contributed by atoms with Gasteiger partial charge in [-0.2, -0.15) is 17.0 Å². The van der Waals surface area contributed by atoms with Crippen molar-refractivity contribution in [3.8, 4) is 5.75 Å². The standard InChI is InChI=1S/C17H25N3O3S.ClH/c1-23-17-5-3-2-4-15(17)16-11-18-8-9-19(16)24(21,22)20-12-13-6-7-14(20)10-13;/h2-5,13-14,16,18H,6-12H2,1H3;1H. The summed E-state index contributed by atoms with van der Waals surface area (Å²) >= 11 is 0. The molecule has 1 aliphatic carbocycles. The molecule has 2 heterocycles. The third-order valence-corrected chi connectivity index (χ3v) is 7.71. The Bertz CT molecular complexity index is 715. The first kappa shape index (κ1) is 18.9. The summed E-state index contributed by atoms with van der Waals surface area (Å²) in [4.78, 5) is 0. The van der Waals surface area contributed by atoms with E-state index in [2.05, 4.69) is 5.32 Å². The highest BCUT2D eigenvalue weighted by atomic mass is 35.5. The zero-order valence-electron chi connectivity index (χ0n) is 14.4. The van der Waals surface area contributed by atoms with Gasteiger partial charge >= 0.3 is 0 Å². The van der Waals surface area contributed by atoms with Crippen LogP contribution < -0.4 is 10.1 Å². The van der Waals surface area contributed by atoms with E-state index in [4.69, 9.17) is 4.74 Å². The van der Waals surface area contributed by atoms with Gasteiger partial charge in [-0.25, -0.2) is 0 Å². The van der Waals surface area contributed by atoms with Gasteiger partial charge in [0.25, 0.3) is 10.2 Å². The number of rotatable bonds is 4. The molecule has 0 amide bonds. The van der Waals surface area contributed by atoms with Crippen LogP contribution >= 0.6 is 12.4 Å². The second-order valence-corrected chi connectivity index (χ2v) is 8.82. The number of fused-ring (bicyclic) bond motifs is 2. The highest BCUT2D eigenvalue weighted by molar-refractivity contribution is 7.86. The number of methoxy groups -OCH3 is 1. The van der Waals surface area contributed by atoms with E-state index in [-0.39, 0.29) is 24.5 Å². The first-order valence-corrected chi connectivity index (χ1v) is 10.1. The molecule has 4 rings (SSSR count). The van der Waals surface area contributed by atoms with Gasteiger partial charge in [0.2, 0.25) is 0 Å². The number of para-hydroxylation sites is 1. The number of nitrogens with zero attached hydrogens (tertiary/aromatic N) is 2. The zero-order chi connectivity index (χ0) is 16.7. The van der Waals surface area contributed by atoms with Crippen molar-refractivity contribution in [3.63, 3.8) is 0 Å². The molecule has 2 bridgehead atoms. The van der Waals surface area contributed by atoms with Crippen molar-refractivity contribution < 1.29 is 13.2 Å². The van der Waals surface area contributed by atoms with Crippen molar-refractivity contribution in [3.05, 3.63) is 29.8 Å². The van der Waals surface area contributed by atoms with Gasteiger partial charge in [-0.05, 0) is 31.2 Å². The normalized spacial score (nSPS) is 30.2. The smallest absolute Gasteiger partial charge is 0.282 e. The Morgan fingerprint density at radius 3 is 2.68 bits per heavy atom. The van der Waals surface area contributed by atoms with Gasteiger partial charge in [0.05, 0.1) is 13.2 Å². The number of ether oxygens (including phenoxy) is 1. The maximum atomic E-state index is 13.3. The van der Waals surface area contributed by atoms with Crippen LogP contribution in [0.1, 0.15) is 30.9 Å². The predicted octanol–water partition coefficient (Wildman–Crippen LogP) is 1.79. The van der Waals surface area contributed by atoms with E-state index in [9.17, 15) is 8.42 Å². The molecule has 2 aliphatic heterocycles. The SMILES string of the molecule is COc1ccccc1C1CNCCN1S(=O)(=O)N1CC2CCC1C2.Cl. The molecular weight excluding hydrogens is 362 g/mol. The van der Waals surface area contributed by atoms with Gasteiger partial charge in [0.15, 0.2) is 0 Å². The lowest BCUT2D eigenvalue weighted by Gasteiger charge is -2.40. The van der Waals surface area contributed by atoms with Crippen LogP contribution in [-0.2, 0) is 10.2 Å². The van der Waals surface area contributed by atoms with Crippen LogP contribution in [0.5, 0.6) is 5.75 Å². The lowest BCUT2D eigenvalue weighted by molar-refractivity contribution is 0.229. The van der Waals surface area contributed by atoms with Crippen LogP contribution in [-0.4, -0.2) is 56.4 Å². The van der Waals surface area contributed by atoms with E-state index in [0.29, 0.717) is 32.1 Å². The van der Waals surface area contributed by atoms with Gasteiger partial charge in [0.1, 0.15) is 5.75 Å². The van der Waals surface area contributed by atoms with Crippen molar-refractivity contribution in [2.24, 2.45) is 5.92 Å². The number of nitrogens with one attached hydrogen (secondary N) is 1. The Labute approximate surface area is 156 Å². The molecule has 3 aliphatic rings. The number of halogens is 1. The molecular formula is C17H26ClN3O3S. The Kier molecular flexibility index (Phi) is 5.60. The fourth-order valence-corrected chi connectivity index (χ4v) is 6.53. The third kappa shape index (κ3) is 3.28. The first-order valence-electron chi connectivity index (χ1n) is 8.73. The Morgan fingerprint density at radius 2 is 2.00 bits per heavy atom. The van der Waals surface area contributed by atoms with Gasteiger partial charge in [-0.3, -0.25) is 0 Å². The van der Waals surface area contributed by atoms with Crippen LogP contribution in [0.3, 0.4) is 0 Å². The predicted molar refractivity (Wildman–Crippen MR) is 99.3 cm³/mol. The van der Waals surface area contributed by atoms with Gasteiger partial charge in [0, 0.05) is 37.8 Å². The Balaban J connectivity index is 0.00000182.